The standard InChI is InChI=1S/5C14H12N2.3Cu.HI.2HNO3.H2/c5*1-9-3-5-11-7-8-12-6-4-10(2)16-14(12)13(11)15-9;;;;;2*2-1(3)4;/h5*3-8H,1-2H3;;;;1H;2*(H,2,3,4);1H/q;;;;;;;+1;;;;/p-1/i;;;;;;;;;;;1+1. The van der Waals surface area contributed by atoms with Crippen molar-refractivity contribution < 1.29 is 68.9 Å². The molecule has 15 rings (SSSR count). The van der Waals surface area contributed by atoms with Crippen LogP contribution in [0.5, 0.6) is 0 Å². The third-order valence-corrected chi connectivity index (χ3v) is 14.0. The predicted octanol–water partition coefficient (Wildman–Crippen LogP) is 17.4. The van der Waals surface area contributed by atoms with E-state index in [0.29, 0.717) is 0 Å². The van der Waals surface area contributed by atoms with Crippen molar-refractivity contribution in [1.82, 2.24) is 49.8 Å². The van der Waals surface area contributed by atoms with E-state index in [1.54, 1.807) is 20.3 Å². The summed E-state index contributed by atoms with van der Waals surface area (Å²) in [5.41, 5.74) is 20.3. The van der Waals surface area contributed by atoms with Gasteiger partial charge in [-0.1, -0.05) is 121 Å². The van der Waals surface area contributed by atoms with Gasteiger partial charge in [-0.3, -0.25) is 49.8 Å². The topological polar surface area (TPSA) is 256 Å². The molecule has 2 N–H and O–H groups in total. The Kier molecular flexibility index (Phi) is 26.0. The number of hydrogen-bond donors (Lipinski definition) is 2. The maximum atomic E-state index is 8.36. The second-order valence-corrected chi connectivity index (χ2v) is 21.0. The molecule has 0 saturated carbocycles. The van der Waals surface area contributed by atoms with E-state index in [1.807, 2.05) is 130 Å². The van der Waals surface area contributed by atoms with Crippen LogP contribution < -0.4 is 0 Å². The van der Waals surface area contributed by atoms with E-state index in [0.717, 1.165) is 166 Å². The molecule has 15 aromatic rings. The Morgan fingerprint density at radius 2 is 0.315 bits per heavy atom. The van der Waals surface area contributed by atoms with Crippen LogP contribution in [0.4, 0.5) is 0 Å². The van der Waals surface area contributed by atoms with Crippen molar-refractivity contribution in [2.24, 2.45) is 0 Å². The molecule has 480 valence electrons. The molecule has 2 radical (unpaired) electrons. The van der Waals surface area contributed by atoms with Gasteiger partial charge >= 0.3 is 33.1 Å². The monoisotopic (exact) mass is 1490 g/mol. The predicted molar refractivity (Wildman–Crippen MR) is 366 cm³/mol. The fourth-order valence-corrected chi connectivity index (χ4v) is 9.81. The number of fused-ring (bicyclic) bond motifs is 15. The number of pyridine rings is 10. The number of nitrogens with zero attached hydrogens (tertiary/aromatic N) is 12. The van der Waals surface area contributed by atoms with Gasteiger partial charge < -0.3 is 10.4 Å². The number of aromatic nitrogens is 10. The molecule has 92 heavy (non-hydrogen) atoms. The molecule has 0 unspecified atom stereocenters. The normalized spacial score (nSPS) is 10.3. The third-order valence-electron chi connectivity index (χ3n) is 14.0. The van der Waals surface area contributed by atoms with E-state index in [-0.39, 0.29) is 35.6 Å². The molecule has 22 heteroatoms. The van der Waals surface area contributed by atoms with Crippen molar-refractivity contribution in [1.29, 1.82) is 0 Å². The molecule has 5 aromatic carbocycles. The van der Waals surface area contributed by atoms with Crippen molar-refractivity contribution in [3.63, 3.8) is 0 Å². The Bertz CT molecular complexity index is 4120. The summed E-state index contributed by atoms with van der Waals surface area (Å²) in [6.07, 6.45) is 0. The Balaban J connectivity index is 0.000000202. The molecular formula is C70H64Cu3IN12O6. The molecule has 0 aliphatic rings. The van der Waals surface area contributed by atoms with Crippen molar-refractivity contribution in [3.8, 4) is 0 Å². The molecule has 0 aliphatic heterocycles. The van der Waals surface area contributed by atoms with E-state index in [9.17, 15) is 0 Å². The van der Waals surface area contributed by atoms with Crippen LogP contribution >= 0.6 is 20.3 Å². The number of hydrogen-bond acceptors (Lipinski definition) is 14. The summed E-state index contributed by atoms with van der Waals surface area (Å²) in [4.78, 5) is 62.5. The summed E-state index contributed by atoms with van der Waals surface area (Å²) in [7, 11) is 0. The molecule has 10 heterocycles. The van der Waals surface area contributed by atoms with E-state index < -0.39 is 10.2 Å². The summed E-state index contributed by atoms with van der Waals surface area (Å²) >= 11 is 5.87. The molecule has 0 aliphatic carbocycles. The van der Waals surface area contributed by atoms with Gasteiger partial charge in [-0.25, -0.2) is 0 Å². The van der Waals surface area contributed by atoms with E-state index in [4.69, 9.17) is 30.6 Å². The molecule has 0 atom stereocenters. The molecule has 0 amide bonds. The second kappa shape index (κ2) is 33.3. The van der Waals surface area contributed by atoms with Crippen molar-refractivity contribution in [3.05, 3.63) is 259 Å². The average molecular weight is 1490 g/mol. The van der Waals surface area contributed by atoms with Crippen LogP contribution in [0.3, 0.4) is 0 Å². The summed E-state index contributed by atoms with van der Waals surface area (Å²) in [6, 6.07) is 62.3. The average Bonchev–Trinajstić information content (AvgIpc) is 0.849. The fourth-order valence-electron chi connectivity index (χ4n) is 9.81. The first kappa shape index (κ1) is 72.0. The van der Waals surface area contributed by atoms with Crippen LogP contribution in [0.15, 0.2) is 182 Å². The molecular weight excluding hydrogens is 1420 g/mol. The zero-order chi connectivity index (χ0) is 64.8. The van der Waals surface area contributed by atoms with Gasteiger partial charge in [0.25, 0.3) is 10.2 Å². The van der Waals surface area contributed by atoms with Crippen LogP contribution in [-0.4, -0.2) is 70.4 Å². The summed E-state index contributed by atoms with van der Waals surface area (Å²) in [5.74, 6) is 0. The van der Waals surface area contributed by atoms with E-state index >= 15 is 0 Å². The maximum absolute atomic E-state index is 8.36. The van der Waals surface area contributed by atoms with E-state index in [2.05, 4.69) is 184 Å². The zero-order valence-electron chi connectivity index (χ0n) is 51.5. The summed E-state index contributed by atoms with van der Waals surface area (Å²) in [5, 5.41) is 38.8. The Morgan fingerprint density at radius 1 is 0.250 bits per heavy atom. The number of halogens is 1. The van der Waals surface area contributed by atoms with Gasteiger partial charge in [0.2, 0.25) is 0 Å². The Morgan fingerprint density at radius 3 is 0.391 bits per heavy atom. The van der Waals surface area contributed by atoms with Crippen molar-refractivity contribution in [2.45, 2.75) is 69.2 Å². The summed E-state index contributed by atoms with van der Waals surface area (Å²) < 4.78 is 0. The fraction of sp³-hybridized carbons (Fsp3) is 0.143. The zero-order valence-corrected chi connectivity index (χ0v) is 56.5. The van der Waals surface area contributed by atoms with Crippen LogP contribution in [0, 0.1) is 89.5 Å². The first-order valence-corrected chi connectivity index (χ1v) is 31.2. The van der Waals surface area contributed by atoms with Crippen molar-refractivity contribution >= 4 is 129 Å². The summed E-state index contributed by atoms with van der Waals surface area (Å²) in [6.45, 7) is 20.1. The molecule has 0 bridgehead atoms. The number of benzene rings is 5. The molecule has 0 saturated heterocycles. The van der Waals surface area contributed by atoms with Crippen LogP contribution in [-0.2, 0) is 46.9 Å². The first-order valence-electron chi connectivity index (χ1n) is 28.1. The van der Waals surface area contributed by atoms with Gasteiger partial charge in [-0.05, 0) is 130 Å². The van der Waals surface area contributed by atoms with Crippen molar-refractivity contribution in [2.75, 3.05) is 0 Å². The minimum atomic E-state index is -1.50. The van der Waals surface area contributed by atoms with Gasteiger partial charge in [-0.2, -0.15) is 0 Å². The van der Waals surface area contributed by atoms with Gasteiger partial charge in [0.1, 0.15) is 0 Å². The van der Waals surface area contributed by atoms with Gasteiger partial charge in [-0.15, -0.1) is 20.2 Å². The van der Waals surface area contributed by atoms with Gasteiger partial charge in [0.05, 0.1) is 55.2 Å². The van der Waals surface area contributed by atoms with Gasteiger partial charge in [0, 0.05) is 146 Å². The van der Waals surface area contributed by atoms with Crippen LogP contribution in [0.2, 0.25) is 0 Å². The minimum absolute atomic E-state index is 0. The van der Waals surface area contributed by atoms with Gasteiger partial charge in [0.15, 0.2) is 0 Å². The quantitative estimate of drug-likeness (QED) is 0.0470. The number of rotatable bonds is 0. The second-order valence-electron chi connectivity index (χ2n) is 21.0. The molecule has 0 fully saturated rings. The first-order chi connectivity index (χ1) is 43.2. The van der Waals surface area contributed by atoms with Crippen LogP contribution in [0.1, 0.15) is 58.4 Å². The molecule has 0 spiro atoms. The third kappa shape index (κ3) is 18.8. The Hall–Kier alpha value is -9.11. The number of aryl methyl sites for hydroxylation is 10. The Labute approximate surface area is 572 Å². The SMILES string of the molecule is Cc1ccc2ccc3ccc(C)nc3c2n1.Cc1ccc2ccc3ccc(C)nc3c2n1.Cc1ccc2ccc3ccc(C)nc3c2n1.Cc1ccc2ccc3ccc(C)nc3c2n1.Cc1ccc2ccc3ccc(C)nc3c2n1.O=[N+]([O-])O.O=[N+]([O-])O.[2HH].[Cu].[Cu].[Cu][I]. The molecule has 10 aromatic heterocycles. The van der Waals surface area contributed by atoms with E-state index in [1.165, 1.54) is 0 Å². The molecule has 18 nitrogen and oxygen atoms in total. The van der Waals surface area contributed by atoms with Crippen LogP contribution in [0.25, 0.3) is 109 Å².